The Labute approximate surface area is 113 Å². The van der Waals surface area contributed by atoms with Crippen molar-refractivity contribution in [1.29, 1.82) is 0 Å². The summed E-state index contributed by atoms with van der Waals surface area (Å²) < 4.78 is 0. The molecule has 0 amide bonds. The van der Waals surface area contributed by atoms with Gasteiger partial charge in [-0.05, 0) is 42.3 Å². The summed E-state index contributed by atoms with van der Waals surface area (Å²) in [6.45, 7) is 11.5. The van der Waals surface area contributed by atoms with Gasteiger partial charge in [-0.3, -0.25) is 0 Å². The van der Waals surface area contributed by atoms with Crippen LogP contribution in [0.4, 0.5) is 0 Å². The van der Waals surface area contributed by atoms with Gasteiger partial charge in [-0.15, -0.1) is 0 Å². The minimum absolute atomic E-state index is 0.212. The van der Waals surface area contributed by atoms with Crippen molar-refractivity contribution >= 4 is 0 Å². The van der Waals surface area contributed by atoms with Crippen molar-refractivity contribution in [2.24, 2.45) is 5.92 Å². The molecule has 0 heterocycles. The van der Waals surface area contributed by atoms with Gasteiger partial charge < -0.3 is 5.32 Å². The Morgan fingerprint density at radius 1 is 1.06 bits per heavy atom. The fraction of sp³-hybridized carbons (Fsp3) is 0.647. The Kier molecular flexibility index (Phi) is 5.40. The maximum absolute atomic E-state index is 3.49. The van der Waals surface area contributed by atoms with Crippen molar-refractivity contribution < 1.29 is 0 Å². The van der Waals surface area contributed by atoms with Crippen LogP contribution in [0, 0.1) is 5.92 Å². The van der Waals surface area contributed by atoms with Crippen LogP contribution >= 0.6 is 0 Å². The fourth-order valence-corrected chi connectivity index (χ4v) is 2.44. The summed E-state index contributed by atoms with van der Waals surface area (Å²) >= 11 is 0. The molecule has 0 aliphatic heterocycles. The first kappa shape index (κ1) is 15.2. The van der Waals surface area contributed by atoms with Gasteiger partial charge in [0.15, 0.2) is 0 Å². The van der Waals surface area contributed by atoms with Crippen molar-refractivity contribution in [3.05, 3.63) is 35.4 Å². The molecule has 0 aliphatic rings. The smallest absolute Gasteiger partial charge is 0.0320 e. The lowest BCUT2D eigenvalue weighted by molar-refractivity contribution is 0.455. The van der Waals surface area contributed by atoms with E-state index in [0.717, 1.165) is 5.92 Å². The van der Waals surface area contributed by atoms with E-state index in [1.54, 1.807) is 0 Å². The summed E-state index contributed by atoms with van der Waals surface area (Å²) in [5, 5.41) is 3.49. The average molecular weight is 247 g/mol. The molecule has 1 aromatic carbocycles. The molecule has 0 saturated heterocycles. The van der Waals surface area contributed by atoms with Crippen LogP contribution in [0.25, 0.3) is 0 Å². The summed E-state index contributed by atoms with van der Waals surface area (Å²) in [7, 11) is 2.07. The highest BCUT2D eigenvalue weighted by molar-refractivity contribution is 5.35. The van der Waals surface area contributed by atoms with Crippen molar-refractivity contribution in [3.63, 3.8) is 0 Å². The van der Waals surface area contributed by atoms with Crippen LogP contribution in [0.2, 0.25) is 0 Å². The second-order valence-electron chi connectivity index (χ2n) is 6.65. The summed E-state index contributed by atoms with van der Waals surface area (Å²) in [4.78, 5) is 0. The molecule has 1 N–H and O–H groups in total. The second-order valence-corrected chi connectivity index (χ2v) is 6.65. The minimum Gasteiger partial charge on any atom is -0.313 e. The minimum atomic E-state index is 0.212. The molecule has 0 saturated carbocycles. The highest BCUT2D eigenvalue weighted by Gasteiger charge is 2.21. The maximum atomic E-state index is 3.49. The van der Waals surface area contributed by atoms with Crippen molar-refractivity contribution in [2.45, 2.75) is 58.9 Å². The van der Waals surface area contributed by atoms with Gasteiger partial charge in [-0.1, -0.05) is 58.9 Å². The van der Waals surface area contributed by atoms with Crippen LogP contribution in [0.5, 0.6) is 0 Å². The summed E-state index contributed by atoms with van der Waals surface area (Å²) in [6.07, 6.45) is 2.48. The molecule has 1 unspecified atom stereocenters. The van der Waals surface area contributed by atoms with E-state index in [-0.39, 0.29) is 5.41 Å². The van der Waals surface area contributed by atoms with E-state index >= 15 is 0 Å². The number of benzene rings is 1. The first-order valence-electron chi connectivity index (χ1n) is 7.13. The first-order valence-corrected chi connectivity index (χ1v) is 7.13. The monoisotopic (exact) mass is 247 g/mol. The largest absolute Gasteiger partial charge is 0.313 e. The number of rotatable bonds is 5. The zero-order chi connectivity index (χ0) is 13.8. The Bertz CT molecular complexity index is 360. The molecule has 0 aromatic heterocycles. The van der Waals surface area contributed by atoms with Crippen molar-refractivity contribution in [3.8, 4) is 0 Å². The van der Waals surface area contributed by atoms with E-state index in [1.807, 2.05) is 0 Å². The summed E-state index contributed by atoms with van der Waals surface area (Å²) in [5.74, 6) is 0.766. The van der Waals surface area contributed by atoms with E-state index in [0.29, 0.717) is 6.04 Å². The maximum Gasteiger partial charge on any atom is 0.0320 e. The van der Waals surface area contributed by atoms with Crippen molar-refractivity contribution in [1.82, 2.24) is 5.32 Å². The molecule has 1 heteroatoms. The van der Waals surface area contributed by atoms with Gasteiger partial charge in [0.1, 0.15) is 0 Å². The summed E-state index contributed by atoms with van der Waals surface area (Å²) in [6, 6.07) is 9.34. The van der Waals surface area contributed by atoms with Crippen LogP contribution < -0.4 is 5.32 Å². The molecule has 0 fully saturated rings. The van der Waals surface area contributed by atoms with Gasteiger partial charge in [0, 0.05) is 6.04 Å². The predicted molar refractivity (Wildman–Crippen MR) is 81.0 cm³/mol. The van der Waals surface area contributed by atoms with Crippen LogP contribution in [-0.2, 0) is 5.41 Å². The molecule has 0 radical (unpaired) electrons. The number of hydrogen-bond donors (Lipinski definition) is 1. The zero-order valence-electron chi connectivity index (χ0n) is 12.9. The van der Waals surface area contributed by atoms with E-state index in [1.165, 1.54) is 24.0 Å². The Hall–Kier alpha value is -0.820. The molecule has 0 bridgehead atoms. The molecule has 1 rings (SSSR count). The van der Waals surface area contributed by atoms with E-state index in [2.05, 4.69) is 71.2 Å². The van der Waals surface area contributed by atoms with Gasteiger partial charge in [0.05, 0.1) is 0 Å². The lowest BCUT2D eigenvalue weighted by Crippen LogP contribution is -2.22. The van der Waals surface area contributed by atoms with Crippen LogP contribution in [0.15, 0.2) is 24.3 Å². The highest BCUT2D eigenvalue weighted by Crippen LogP contribution is 2.31. The number of hydrogen-bond acceptors (Lipinski definition) is 1. The van der Waals surface area contributed by atoms with E-state index < -0.39 is 0 Å². The van der Waals surface area contributed by atoms with Gasteiger partial charge in [-0.2, -0.15) is 0 Å². The van der Waals surface area contributed by atoms with Gasteiger partial charge in [0.25, 0.3) is 0 Å². The lowest BCUT2D eigenvalue weighted by atomic mass is 9.81. The third-order valence-corrected chi connectivity index (χ3v) is 3.53. The van der Waals surface area contributed by atoms with E-state index in [4.69, 9.17) is 0 Å². The molecule has 0 spiro atoms. The molecule has 0 aliphatic carbocycles. The third-order valence-electron chi connectivity index (χ3n) is 3.53. The van der Waals surface area contributed by atoms with Crippen LogP contribution in [-0.4, -0.2) is 7.05 Å². The van der Waals surface area contributed by atoms with Crippen molar-refractivity contribution in [2.75, 3.05) is 7.05 Å². The molecule has 1 nitrogen and oxygen atoms in total. The molecular weight excluding hydrogens is 218 g/mol. The quantitative estimate of drug-likeness (QED) is 0.796. The normalized spacial score (nSPS) is 13.9. The third kappa shape index (κ3) is 4.13. The van der Waals surface area contributed by atoms with Gasteiger partial charge >= 0.3 is 0 Å². The zero-order valence-corrected chi connectivity index (χ0v) is 12.9. The predicted octanol–water partition coefficient (Wildman–Crippen LogP) is 4.68. The Balaban J connectivity index is 2.98. The van der Waals surface area contributed by atoms with Gasteiger partial charge in [0.2, 0.25) is 0 Å². The van der Waals surface area contributed by atoms with Crippen LogP contribution in [0.3, 0.4) is 0 Å². The Morgan fingerprint density at radius 3 is 2.17 bits per heavy atom. The fourth-order valence-electron chi connectivity index (χ4n) is 2.44. The van der Waals surface area contributed by atoms with Crippen LogP contribution in [0.1, 0.15) is 64.6 Å². The topological polar surface area (TPSA) is 12.0 Å². The molecular formula is C17H29N. The lowest BCUT2D eigenvalue weighted by Gasteiger charge is -2.27. The highest BCUT2D eigenvalue weighted by atomic mass is 14.9. The average Bonchev–Trinajstić information content (AvgIpc) is 2.29. The molecule has 1 atom stereocenters. The molecule has 102 valence electrons. The molecule has 18 heavy (non-hydrogen) atoms. The molecule has 1 aromatic rings. The Morgan fingerprint density at radius 2 is 1.67 bits per heavy atom. The van der Waals surface area contributed by atoms with Gasteiger partial charge in [-0.25, -0.2) is 0 Å². The SMILES string of the molecule is CNC(CCC(C)C)c1ccccc1C(C)(C)C. The van der Waals surface area contributed by atoms with E-state index in [9.17, 15) is 0 Å². The summed E-state index contributed by atoms with van der Waals surface area (Å²) in [5.41, 5.74) is 3.14. The standard InChI is InChI=1S/C17H29N/c1-13(2)11-12-16(18-6)14-9-7-8-10-15(14)17(3,4)5/h7-10,13,16,18H,11-12H2,1-6H3. The second kappa shape index (κ2) is 6.38. The first-order chi connectivity index (χ1) is 8.36. The number of nitrogens with one attached hydrogen (secondary N) is 1.